The fraction of sp³-hybridized carbons (Fsp3) is 0.269. The van der Waals surface area contributed by atoms with E-state index in [2.05, 4.69) is 71.2 Å². The van der Waals surface area contributed by atoms with Gasteiger partial charge in [0, 0.05) is 37.8 Å². The molecule has 30 heavy (non-hydrogen) atoms. The van der Waals surface area contributed by atoms with Gasteiger partial charge in [-0.1, -0.05) is 74.4 Å². The van der Waals surface area contributed by atoms with Crippen molar-refractivity contribution in [3.63, 3.8) is 0 Å². The topological polar surface area (TPSA) is 43.6 Å². The highest BCUT2D eigenvalue weighted by atomic mass is 15.3. The second-order valence-electron chi connectivity index (χ2n) is 7.52. The summed E-state index contributed by atoms with van der Waals surface area (Å²) in [6, 6.07) is 24.2. The van der Waals surface area contributed by atoms with Crippen LogP contribution in [0.4, 0.5) is 0 Å². The summed E-state index contributed by atoms with van der Waals surface area (Å²) in [6.45, 7) is 3.14. The van der Waals surface area contributed by atoms with Gasteiger partial charge < -0.3 is 0 Å². The number of aromatic nitrogens is 4. The van der Waals surface area contributed by atoms with Gasteiger partial charge >= 0.3 is 0 Å². The first kappa shape index (κ1) is 20.0. The van der Waals surface area contributed by atoms with Crippen molar-refractivity contribution >= 4 is 0 Å². The van der Waals surface area contributed by atoms with Crippen molar-refractivity contribution in [3.05, 3.63) is 102 Å². The molecule has 0 atom stereocenters. The lowest BCUT2D eigenvalue weighted by atomic mass is 9.98. The third-order valence-electron chi connectivity index (χ3n) is 5.25. The number of benzene rings is 2. The van der Waals surface area contributed by atoms with Crippen LogP contribution in [-0.2, 0) is 19.4 Å². The zero-order chi connectivity index (χ0) is 20.6. The molecule has 2 aromatic heterocycles. The summed E-state index contributed by atoms with van der Waals surface area (Å²) < 4.78 is 2.11. The summed E-state index contributed by atoms with van der Waals surface area (Å²) in [6.07, 6.45) is 8.56. The largest absolute Gasteiger partial charge is 0.264 e. The third kappa shape index (κ3) is 5.01. The molecule has 4 rings (SSSR count). The number of hydrogen-bond acceptors (Lipinski definition) is 3. The second-order valence-corrected chi connectivity index (χ2v) is 7.52. The highest BCUT2D eigenvalue weighted by Gasteiger charge is 2.14. The monoisotopic (exact) mass is 395 g/mol. The van der Waals surface area contributed by atoms with Crippen LogP contribution in [0, 0.1) is 6.07 Å². The van der Waals surface area contributed by atoms with Gasteiger partial charge in [-0.25, -0.2) is 9.67 Å². The van der Waals surface area contributed by atoms with E-state index in [4.69, 9.17) is 10.1 Å². The van der Waals surface area contributed by atoms with Crippen molar-refractivity contribution in [2.24, 2.45) is 0 Å². The molecule has 2 heterocycles. The van der Waals surface area contributed by atoms with Crippen LogP contribution in [0.3, 0.4) is 0 Å². The molecule has 0 spiro atoms. The number of hydrogen-bond donors (Lipinski definition) is 0. The van der Waals surface area contributed by atoms with Gasteiger partial charge in [-0.2, -0.15) is 5.10 Å². The standard InChI is InChI=1S/C26H27N4/c1-2-3-9-18-30-26(28-25(29-30)19-21-10-5-4-6-11-21)20-23-12-7-8-13-24(23)22-14-16-27-17-15-22/h4-8,10-14,16-17H,2-3,9,18-20H2,1H3. The Hall–Kier alpha value is -3.27. The smallest absolute Gasteiger partial charge is 0.155 e. The molecule has 1 radical (unpaired) electrons. The van der Waals surface area contributed by atoms with Gasteiger partial charge in [-0.3, -0.25) is 4.98 Å². The molecule has 4 aromatic rings. The lowest BCUT2D eigenvalue weighted by Gasteiger charge is -2.10. The van der Waals surface area contributed by atoms with E-state index in [-0.39, 0.29) is 0 Å². The Morgan fingerprint density at radius 1 is 0.900 bits per heavy atom. The zero-order valence-electron chi connectivity index (χ0n) is 17.5. The predicted octanol–water partition coefficient (Wildman–Crippen LogP) is 5.51. The Morgan fingerprint density at radius 3 is 2.53 bits per heavy atom. The summed E-state index contributed by atoms with van der Waals surface area (Å²) in [7, 11) is 0. The normalized spacial score (nSPS) is 11.0. The number of unbranched alkanes of at least 4 members (excludes halogenated alkanes) is 2. The molecule has 2 aromatic carbocycles. The second kappa shape index (κ2) is 9.97. The van der Waals surface area contributed by atoms with Crippen LogP contribution in [0.1, 0.15) is 49.0 Å². The van der Waals surface area contributed by atoms with Crippen molar-refractivity contribution < 1.29 is 0 Å². The number of aryl methyl sites for hydroxylation is 1. The Bertz CT molecular complexity index is 1050. The Morgan fingerprint density at radius 2 is 1.73 bits per heavy atom. The zero-order valence-corrected chi connectivity index (χ0v) is 17.5. The average Bonchev–Trinajstić information content (AvgIpc) is 3.16. The first-order valence-electron chi connectivity index (χ1n) is 10.7. The van der Waals surface area contributed by atoms with Gasteiger partial charge in [0.05, 0.1) is 0 Å². The predicted molar refractivity (Wildman–Crippen MR) is 120 cm³/mol. The molecule has 0 fully saturated rings. The summed E-state index contributed by atoms with van der Waals surface area (Å²) >= 11 is 0. The van der Waals surface area contributed by atoms with Crippen molar-refractivity contribution in [2.75, 3.05) is 0 Å². The molecular weight excluding hydrogens is 368 g/mol. The molecule has 0 amide bonds. The molecule has 0 aliphatic rings. The van der Waals surface area contributed by atoms with Crippen molar-refractivity contribution in [1.82, 2.24) is 19.7 Å². The SMILES string of the molecule is CCCCCn1nc(Cc2ccccc2)nc1Cc1ccccc1-c1[c]cncc1. The summed E-state index contributed by atoms with van der Waals surface area (Å²) in [5, 5.41) is 4.86. The van der Waals surface area contributed by atoms with Crippen LogP contribution >= 0.6 is 0 Å². The molecule has 0 aliphatic heterocycles. The molecule has 0 unspecified atom stereocenters. The van der Waals surface area contributed by atoms with Gasteiger partial charge in [0.25, 0.3) is 0 Å². The van der Waals surface area contributed by atoms with Crippen LogP contribution < -0.4 is 0 Å². The van der Waals surface area contributed by atoms with Crippen LogP contribution in [-0.4, -0.2) is 19.7 Å². The Balaban J connectivity index is 1.63. The Labute approximate surface area is 178 Å². The van der Waals surface area contributed by atoms with Crippen LogP contribution in [0.15, 0.2) is 73.1 Å². The summed E-state index contributed by atoms with van der Waals surface area (Å²) in [5.41, 5.74) is 4.70. The van der Waals surface area contributed by atoms with Crippen molar-refractivity contribution in [1.29, 1.82) is 0 Å². The lowest BCUT2D eigenvalue weighted by molar-refractivity contribution is 0.532. The van der Waals surface area contributed by atoms with Gasteiger partial charge in [0.15, 0.2) is 5.82 Å². The van der Waals surface area contributed by atoms with Crippen LogP contribution in [0.25, 0.3) is 11.1 Å². The summed E-state index contributed by atoms with van der Waals surface area (Å²) in [5.74, 6) is 1.92. The summed E-state index contributed by atoms with van der Waals surface area (Å²) in [4.78, 5) is 9.05. The highest BCUT2D eigenvalue weighted by molar-refractivity contribution is 5.66. The Kier molecular flexibility index (Phi) is 6.65. The first-order chi connectivity index (χ1) is 14.8. The van der Waals surface area contributed by atoms with Gasteiger partial charge in [0.1, 0.15) is 5.82 Å². The highest BCUT2D eigenvalue weighted by Crippen LogP contribution is 2.25. The fourth-order valence-electron chi connectivity index (χ4n) is 3.69. The van der Waals surface area contributed by atoms with E-state index in [1.54, 1.807) is 6.20 Å². The molecule has 0 saturated heterocycles. The lowest BCUT2D eigenvalue weighted by Crippen LogP contribution is -2.07. The van der Waals surface area contributed by atoms with Crippen molar-refractivity contribution in [2.45, 2.75) is 45.6 Å². The van der Waals surface area contributed by atoms with E-state index in [9.17, 15) is 0 Å². The molecule has 4 heteroatoms. The number of rotatable bonds is 9. The maximum absolute atomic E-state index is 4.94. The molecule has 0 N–H and O–H groups in total. The van der Waals surface area contributed by atoms with Crippen LogP contribution in [0.5, 0.6) is 0 Å². The molecule has 0 saturated carbocycles. The fourth-order valence-corrected chi connectivity index (χ4v) is 3.69. The first-order valence-corrected chi connectivity index (χ1v) is 10.7. The number of pyridine rings is 1. The van der Waals surface area contributed by atoms with Gasteiger partial charge in [-0.05, 0) is 34.7 Å². The molecule has 0 bridgehead atoms. The minimum Gasteiger partial charge on any atom is -0.264 e. The van der Waals surface area contributed by atoms with E-state index in [0.29, 0.717) is 0 Å². The van der Waals surface area contributed by atoms with E-state index in [1.807, 2.05) is 18.3 Å². The minimum atomic E-state index is 0.750. The minimum absolute atomic E-state index is 0.750. The quantitative estimate of drug-likeness (QED) is 0.351. The molecule has 0 aliphatic carbocycles. The maximum Gasteiger partial charge on any atom is 0.155 e. The van der Waals surface area contributed by atoms with Gasteiger partial charge in [0.2, 0.25) is 0 Å². The van der Waals surface area contributed by atoms with Gasteiger partial charge in [-0.15, -0.1) is 0 Å². The van der Waals surface area contributed by atoms with E-state index in [1.165, 1.54) is 29.5 Å². The van der Waals surface area contributed by atoms with E-state index < -0.39 is 0 Å². The third-order valence-corrected chi connectivity index (χ3v) is 5.25. The molecule has 4 nitrogen and oxygen atoms in total. The van der Waals surface area contributed by atoms with Crippen molar-refractivity contribution in [3.8, 4) is 11.1 Å². The average molecular weight is 396 g/mol. The maximum atomic E-state index is 4.94. The molecule has 151 valence electrons. The van der Waals surface area contributed by atoms with Crippen LogP contribution in [0.2, 0.25) is 0 Å². The van der Waals surface area contributed by atoms with E-state index in [0.717, 1.165) is 43.0 Å². The van der Waals surface area contributed by atoms with E-state index >= 15 is 0 Å². The number of nitrogens with zero attached hydrogens (tertiary/aromatic N) is 4. The molecular formula is C26H27N4.